The fraction of sp³-hybridized carbons (Fsp3) is 0.280. The van der Waals surface area contributed by atoms with Crippen LogP contribution in [-0.4, -0.2) is 34.6 Å². The smallest absolute Gasteiger partial charge is 0.262 e. The molecular weight excluding hydrogens is 461 g/mol. The minimum atomic E-state index is -4.04. The van der Waals surface area contributed by atoms with E-state index in [-0.39, 0.29) is 15.5 Å². The van der Waals surface area contributed by atoms with E-state index in [1.807, 2.05) is 31.2 Å². The molecular formula is C25H27ClFN3O2S. The van der Waals surface area contributed by atoms with E-state index in [0.29, 0.717) is 11.3 Å². The van der Waals surface area contributed by atoms with Crippen LogP contribution in [0, 0.1) is 12.7 Å². The van der Waals surface area contributed by atoms with Crippen molar-refractivity contribution in [3.63, 3.8) is 0 Å². The Morgan fingerprint density at radius 2 is 1.82 bits per heavy atom. The molecule has 8 heteroatoms. The molecule has 0 spiro atoms. The first-order valence-electron chi connectivity index (χ1n) is 11.0. The molecule has 0 aliphatic carbocycles. The third kappa shape index (κ3) is 4.86. The first-order valence-corrected chi connectivity index (χ1v) is 12.8. The van der Waals surface area contributed by atoms with Crippen molar-refractivity contribution in [2.24, 2.45) is 0 Å². The van der Waals surface area contributed by atoms with E-state index >= 15 is 0 Å². The van der Waals surface area contributed by atoms with Crippen molar-refractivity contribution in [1.29, 1.82) is 0 Å². The van der Waals surface area contributed by atoms with E-state index in [1.54, 1.807) is 18.2 Å². The molecule has 3 aromatic carbocycles. The van der Waals surface area contributed by atoms with E-state index in [0.717, 1.165) is 55.5 Å². The van der Waals surface area contributed by atoms with Crippen molar-refractivity contribution in [2.45, 2.75) is 25.2 Å². The summed E-state index contributed by atoms with van der Waals surface area (Å²) in [6, 6.07) is 15.1. The minimum Gasteiger partial charge on any atom is -0.369 e. The molecule has 3 aromatic rings. The van der Waals surface area contributed by atoms with Crippen LogP contribution in [0.25, 0.3) is 11.1 Å². The Morgan fingerprint density at radius 1 is 1.09 bits per heavy atom. The quantitative estimate of drug-likeness (QED) is 0.500. The lowest BCUT2D eigenvalue weighted by Gasteiger charge is -2.31. The van der Waals surface area contributed by atoms with Gasteiger partial charge in [0.25, 0.3) is 10.0 Å². The van der Waals surface area contributed by atoms with Gasteiger partial charge in [-0.05, 0) is 60.4 Å². The number of hydrogen-bond donors (Lipinski definition) is 2. The number of piperazine rings is 1. The maximum Gasteiger partial charge on any atom is 0.262 e. The highest BCUT2D eigenvalue weighted by molar-refractivity contribution is 7.92. The van der Waals surface area contributed by atoms with E-state index < -0.39 is 15.8 Å². The number of nitrogens with zero attached hydrogens (tertiary/aromatic N) is 1. The summed E-state index contributed by atoms with van der Waals surface area (Å²) >= 11 is 6.29. The van der Waals surface area contributed by atoms with Gasteiger partial charge in [0.2, 0.25) is 0 Å². The number of benzene rings is 3. The summed E-state index contributed by atoms with van der Waals surface area (Å²) in [5.74, 6) is -0.664. The highest BCUT2D eigenvalue weighted by Gasteiger charge is 2.25. The van der Waals surface area contributed by atoms with E-state index in [9.17, 15) is 12.8 Å². The summed E-state index contributed by atoms with van der Waals surface area (Å²) in [6.45, 7) is 7.55. The molecule has 33 heavy (non-hydrogen) atoms. The molecule has 5 nitrogen and oxygen atoms in total. The fourth-order valence-corrected chi connectivity index (χ4v) is 5.82. The van der Waals surface area contributed by atoms with E-state index in [4.69, 9.17) is 11.6 Å². The summed E-state index contributed by atoms with van der Waals surface area (Å²) in [6.07, 6.45) is 0.770. The van der Waals surface area contributed by atoms with Gasteiger partial charge in [0, 0.05) is 43.1 Å². The van der Waals surface area contributed by atoms with Crippen molar-refractivity contribution < 1.29 is 12.8 Å². The molecule has 0 atom stereocenters. The van der Waals surface area contributed by atoms with Crippen molar-refractivity contribution in [3.05, 3.63) is 76.6 Å². The van der Waals surface area contributed by atoms with Crippen LogP contribution in [0.2, 0.25) is 5.02 Å². The lowest BCUT2D eigenvalue weighted by Crippen LogP contribution is -2.43. The lowest BCUT2D eigenvalue weighted by molar-refractivity contribution is 0.588. The summed E-state index contributed by atoms with van der Waals surface area (Å²) < 4.78 is 43.9. The monoisotopic (exact) mass is 487 g/mol. The average Bonchev–Trinajstić information content (AvgIpc) is 2.81. The van der Waals surface area contributed by atoms with Gasteiger partial charge in [-0.2, -0.15) is 0 Å². The van der Waals surface area contributed by atoms with Gasteiger partial charge in [0.15, 0.2) is 0 Å². The highest BCUT2D eigenvalue weighted by atomic mass is 35.5. The molecule has 0 aromatic heterocycles. The average molecular weight is 488 g/mol. The third-order valence-electron chi connectivity index (χ3n) is 5.93. The minimum absolute atomic E-state index is 0.0626. The van der Waals surface area contributed by atoms with Gasteiger partial charge in [-0.15, -0.1) is 0 Å². The van der Waals surface area contributed by atoms with Gasteiger partial charge < -0.3 is 10.2 Å². The molecule has 1 aliphatic heterocycles. The summed E-state index contributed by atoms with van der Waals surface area (Å²) in [7, 11) is -4.04. The molecule has 1 saturated heterocycles. The number of sulfonamides is 1. The number of nitrogens with one attached hydrogen (secondary N) is 2. The molecule has 0 amide bonds. The van der Waals surface area contributed by atoms with Gasteiger partial charge in [-0.3, -0.25) is 4.72 Å². The van der Waals surface area contributed by atoms with Crippen molar-refractivity contribution in [3.8, 4) is 11.1 Å². The van der Waals surface area contributed by atoms with Crippen LogP contribution < -0.4 is 14.9 Å². The third-order valence-corrected chi connectivity index (χ3v) is 7.72. The Bertz CT molecular complexity index is 1270. The Labute approximate surface area is 199 Å². The molecule has 1 heterocycles. The molecule has 0 unspecified atom stereocenters. The molecule has 1 fully saturated rings. The number of hydrogen-bond acceptors (Lipinski definition) is 4. The Morgan fingerprint density at radius 3 is 2.52 bits per heavy atom. The number of aryl methyl sites for hydroxylation is 2. The van der Waals surface area contributed by atoms with Gasteiger partial charge >= 0.3 is 0 Å². The van der Waals surface area contributed by atoms with Crippen LogP contribution in [-0.2, 0) is 16.4 Å². The molecule has 0 saturated carbocycles. The van der Waals surface area contributed by atoms with Crippen LogP contribution in [0.15, 0.2) is 59.5 Å². The Hall–Kier alpha value is -2.61. The predicted octanol–water partition coefficient (Wildman–Crippen LogP) is 5.23. The number of rotatable bonds is 6. The van der Waals surface area contributed by atoms with Crippen LogP contribution in [0.1, 0.15) is 18.1 Å². The fourth-order valence-electron chi connectivity index (χ4n) is 4.22. The topological polar surface area (TPSA) is 61.4 Å². The zero-order chi connectivity index (χ0) is 23.6. The normalized spacial score (nSPS) is 14.4. The Kier molecular flexibility index (Phi) is 6.93. The SMILES string of the molecule is CCc1cc(NS(=O)(=O)c2ccc(F)c(Cl)c2-c2ccccc2C)ccc1N1CCNCC1. The molecule has 0 radical (unpaired) electrons. The largest absolute Gasteiger partial charge is 0.369 e. The second-order valence-corrected chi connectivity index (χ2v) is 10.1. The van der Waals surface area contributed by atoms with Crippen LogP contribution >= 0.6 is 11.6 Å². The number of anilines is 2. The van der Waals surface area contributed by atoms with Gasteiger partial charge in [0.1, 0.15) is 5.82 Å². The second kappa shape index (κ2) is 9.71. The molecule has 2 N–H and O–H groups in total. The standard InChI is InChI=1S/C25H27ClFN3O2S/c1-3-18-16-19(8-10-22(18)30-14-12-28-13-15-30)29-33(31,32)23-11-9-21(27)25(26)24(23)20-7-5-4-6-17(20)2/h4-11,16,28-29H,3,12-15H2,1-2H3. The van der Waals surface area contributed by atoms with Crippen molar-refractivity contribution in [2.75, 3.05) is 35.8 Å². The maximum absolute atomic E-state index is 14.4. The lowest BCUT2D eigenvalue weighted by atomic mass is 10.0. The van der Waals surface area contributed by atoms with Crippen LogP contribution in [0.5, 0.6) is 0 Å². The van der Waals surface area contributed by atoms with Gasteiger partial charge in [-0.1, -0.05) is 42.8 Å². The summed E-state index contributed by atoms with van der Waals surface area (Å²) in [5.41, 5.74) is 4.18. The van der Waals surface area contributed by atoms with Crippen LogP contribution in [0.4, 0.5) is 15.8 Å². The molecule has 0 bridgehead atoms. The molecule has 1 aliphatic rings. The maximum atomic E-state index is 14.4. The Balaban J connectivity index is 1.73. The van der Waals surface area contributed by atoms with Crippen molar-refractivity contribution >= 4 is 33.0 Å². The van der Waals surface area contributed by atoms with Crippen LogP contribution in [0.3, 0.4) is 0 Å². The summed E-state index contributed by atoms with van der Waals surface area (Å²) in [4.78, 5) is 2.25. The van der Waals surface area contributed by atoms with Gasteiger partial charge in [-0.25, -0.2) is 12.8 Å². The zero-order valence-electron chi connectivity index (χ0n) is 18.7. The van der Waals surface area contributed by atoms with Gasteiger partial charge in [0.05, 0.1) is 9.92 Å². The first kappa shape index (κ1) is 23.5. The van der Waals surface area contributed by atoms with E-state index in [1.165, 1.54) is 6.07 Å². The predicted molar refractivity (Wildman–Crippen MR) is 133 cm³/mol. The van der Waals surface area contributed by atoms with Crippen molar-refractivity contribution in [1.82, 2.24) is 5.32 Å². The molecule has 174 valence electrons. The molecule has 4 rings (SSSR count). The first-order chi connectivity index (χ1) is 15.8. The second-order valence-electron chi connectivity index (χ2n) is 8.09. The summed E-state index contributed by atoms with van der Waals surface area (Å²) in [5, 5.41) is 3.13. The number of halogens is 2. The van der Waals surface area contributed by atoms with E-state index in [2.05, 4.69) is 21.9 Å². The zero-order valence-corrected chi connectivity index (χ0v) is 20.2. The highest BCUT2D eigenvalue weighted by Crippen LogP contribution is 2.38.